The second kappa shape index (κ2) is 8.65. The first-order chi connectivity index (χ1) is 10.2. The van der Waals surface area contributed by atoms with Crippen LogP contribution in [-0.2, 0) is 0 Å². The maximum absolute atomic E-state index is 6.21. The Balaban J connectivity index is 2.15. The van der Waals surface area contributed by atoms with E-state index in [1.165, 1.54) is 44.1 Å². The van der Waals surface area contributed by atoms with Gasteiger partial charge >= 0.3 is 0 Å². The van der Waals surface area contributed by atoms with Crippen molar-refractivity contribution in [3.05, 3.63) is 28.8 Å². The summed E-state index contributed by atoms with van der Waals surface area (Å²) in [6, 6.07) is 6.30. The van der Waals surface area contributed by atoms with Gasteiger partial charge in [0.15, 0.2) is 0 Å². The standard InChI is InChI=1S/C18H28ClNO/c1-3-11-20-17(12-14-7-5-4-6-8-14)16-13-15(19)9-10-18(16)21-2/h9-10,13-14,17,20H,3-8,11-12H2,1-2H3. The molecule has 1 aromatic rings. The highest BCUT2D eigenvalue weighted by atomic mass is 35.5. The van der Waals surface area contributed by atoms with Gasteiger partial charge in [-0.25, -0.2) is 0 Å². The van der Waals surface area contributed by atoms with Crippen LogP contribution in [0, 0.1) is 5.92 Å². The van der Waals surface area contributed by atoms with Crippen LogP contribution in [0.25, 0.3) is 0 Å². The molecule has 2 nitrogen and oxygen atoms in total. The average Bonchev–Trinajstić information content (AvgIpc) is 2.52. The molecule has 0 bridgehead atoms. The zero-order chi connectivity index (χ0) is 15.1. The Morgan fingerprint density at radius 2 is 2.05 bits per heavy atom. The summed E-state index contributed by atoms with van der Waals surface area (Å²) in [5.41, 5.74) is 1.21. The van der Waals surface area contributed by atoms with Crippen LogP contribution in [0.2, 0.25) is 5.02 Å². The smallest absolute Gasteiger partial charge is 0.123 e. The summed E-state index contributed by atoms with van der Waals surface area (Å²) >= 11 is 6.21. The lowest BCUT2D eigenvalue weighted by atomic mass is 9.83. The molecular weight excluding hydrogens is 282 g/mol. The minimum absolute atomic E-state index is 0.349. The van der Waals surface area contributed by atoms with Crippen molar-refractivity contribution in [2.24, 2.45) is 5.92 Å². The van der Waals surface area contributed by atoms with Crippen molar-refractivity contribution in [2.45, 2.75) is 57.9 Å². The predicted octanol–water partition coefficient (Wildman–Crippen LogP) is 5.36. The van der Waals surface area contributed by atoms with Gasteiger partial charge in [-0.15, -0.1) is 0 Å². The van der Waals surface area contributed by atoms with Gasteiger partial charge in [0.1, 0.15) is 5.75 Å². The van der Waals surface area contributed by atoms with Crippen LogP contribution in [-0.4, -0.2) is 13.7 Å². The molecule has 0 saturated heterocycles. The van der Waals surface area contributed by atoms with E-state index in [1.54, 1.807) is 7.11 Å². The molecule has 1 saturated carbocycles. The van der Waals surface area contributed by atoms with Gasteiger partial charge in [-0.3, -0.25) is 0 Å². The fraction of sp³-hybridized carbons (Fsp3) is 0.667. The van der Waals surface area contributed by atoms with E-state index in [0.29, 0.717) is 6.04 Å². The van der Waals surface area contributed by atoms with Crippen LogP contribution in [0.5, 0.6) is 5.75 Å². The summed E-state index contributed by atoms with van der Waals surface area (Å²) in [5, 5.41) is 4.49. The van der Waals surface area contributed by atoms with Gasteiger partial charge in [-0.1, -0.05) is 50.6 Å². The topological polar surface area (TPSA) is 21.3 Å². The van der Waals surface area contributed by atoms with E-state index >= 15 is 0 Å². The second-order valence-electron chi connectivity index (χ2n) is 6.13. The molecule has 0 aromatic heterocycles. The minimum atomic E-state index is 0.349. The first-order valence-corrected chi connectivity index (χ1v) is 8.69. The molecule has 0 heterocycles. The fourth-order valence-corrected chi connectivity index (χ4v) is 3.55. The molecule has 3 heteroatoms. The summed E-state index contributed by atoms with van der Waals surface area (Å²) in [7, 11) is 1.74. The van der Waals surface area contributed by atoms with Crippen LogP contribution in [0.4, 0.5) is 0 Å². The van der Waals surface area contributed by atoms with Crippen LogP contribution in [0.1, 0.15) is 63.5 Å². The van der Waals surface area contributed by atoms with Crippen molar-refractivity contribution in [2.75, 3.05) is 13.7 Å². The Hall–Kier alpha value is -0.730. The molecule has 1 aromatic carbocycles. The van der Waals surface area contributed by atoms with Crippen molar-refractivity contribution in [3.63, 3.8) is 0 Å². The van der Waals surface area contributed by atoms with Crippen molar-refractivity contribution in [1.82, 2.24) is 5.32 Å². The quantitative estimate of drug-likeness (QED) is 0.732. The number of hydrogen-bond donors (Lipinski definition) is 1. The number of rotatable bonds is 7. The van der Waals surface area contributed by atoms with Crippen molar-refractivity contribution in [3.8, 4) is 5.75 Å². The first-order valence-electron chi connectivity index (χ1n) is 8.31. The van der Waals surface area contributed by atoms with Crippen LogP contribution in [0.15, 0.2) is 18.2 Å². The average molecular weight is 310 g/mol. The van der Waals surface area contributed by atoms with E-state index in [-0.39, 0.29) is 0 Å². The van der Waals surface area contributed by atoms with Gasteiger partial charge in [0.2, 0.25) is 0 Å². The number of nitrogens with one attached hydrogen (secondary N) is 1. The van der Waals surface area contributed by atoms with Crippen molar-refractivity contribution in [1.29, 1.82) is 0 Å². The summed E-state index contributed by atoms with van der Waals surface area (Å²) in [6.45, 7) is 3.24. The van der Waals surface area contributed by atoms with Gasteiger partial charge in [-0.2, -0.15) is 0 Å². The molecule has 1 aliphatic rings. The van der Waals surface area contributed by atoms with E-state index in [4.69, 9.17) is 16.3 Å². The molecule has 1 fully saturated rings. The number of hydrogen-bond acceptors (Lipinski definition) is 2. The monoisotopic (exact) mass is 309 g/mol. The molecule has 0 aliphatic heterocycles. The Bertz CT molecular complexity index is 429. The predicted molar refractivity (Wildman–Crippen MR) is 90.2 cm³/mol. The normalized spacial score (nSPS) is 17.7. The van der Waals surface area contributed by atoms with E-state index in [2.05, 4.69) is 18.3 Å². The van der Waals surface area contributed by atoms with Gasteiger partial charge in [0.25, 0.3) is 0 Å². The lowest BCUT2D eigenvalue weighted by Gasteiger charge is -2.28. The highest BCUT2D eigenvalue weighted by molar-refractivity contribution is 6.30. The zero-order valence-corrected chi connectivity index (χ0v) is 14.1. The van der Waals surface area contributed by atoms with E-state index in [1.807, 2.05) is 12.1 Å². The van der Waals surface area contributed by atoms with Crippen molar-refractivity contribution < 1.29 is 4.74 Å². The molecular formula is C18H28ClNO. The van der Waals surface area contributed by atoms with Crippen LogP contribution >= 0.6 is 11.6 Å². The van der Waals surface area contributed by atoms with E-state index < -0.39 is 0 Å². The number of halogens is 1. The zero-order valence-electron chi connectivity index (χ0n) is 13.3. The maximum atomic E-state index is 6.21. The molecule has 1 unspecified atom stereocenters. The highest BCUT2D eigenvalue weighted by Crippen LogP contribution is 2.36. The van der Waals surface area contributed by atoms with Gasteiger partial charge in [0.05, 0.1) is 7.11 Å². The number of benzene rings is 1. The lowest BCUT2D eigenvalue weighted by Crippen LogP contribution is -2.25. The fourth-order valence-electron chi connectivity index (χ4n) is 3.37. The molecule has 1 aliphatic carbocycles. The Morgan fingerprint density at radius 1 is 1.29 bits per heavy atom. The van der Waals surface area contributed by atoms with Gasteiger partial charge < -0.3 is 10.1 Å². The lowest BCUT2D eigenvalue weighted by molar-refractivity contribution is 0.295. The Labute approximate surface area is 134 Å². The Kier molecular flexibility index (Phi) is 6.85. The third kappa shape index (κ3) is 4.89. The minimum Gasteiger partial charge on any atom is -0.496 e. The third-order valence-electron chi connectivity index (χ3n) is 4.50. The molecule has 1 N–H and O–H groups in total. The molecule has 0 radical (unpaired) electrons. The molecule has 2 rings (SSSR count). The Morgan fingerprint density at radius 3 is 2.71 bits per heavy atom. The van der Waals surface area contributed by atoms with Crippen LogP contribution < -0.4 is 10.1 Å². The van der Waals surface area contributed by atoms with Crippen LogP contribution in [0.3, 0.4) is 0 Å². The van der Waals surface area contributed by atoms with Crippen molar-refractivity contribution >= 4 is 11.6 Å². The van der Waals surface area contributed by atoms with E-state index in [0.717, 1.165) is 29.7 Å². The number of ether oxygens (including phenoxy) is 1. The van der Waals surface area contributed by atoms with Gasteiger partial charge in [0, 0.05) is 16.6 Å². The third-order valence-corrected chi connectivity index (χ3v) is 4.74. The summed E-state index contributed by atoms with van der Waals surface area (Å²) in [6.07, 6.45) is 9.25. The molecule has 1 atom stereocenters. The largest absolute Gasteiger partial charge is 0.496 e. The molecule has 118 valence electrons. The molecule has 0 amide bonds. The summed E-state index contributed by atoms with van der Waals surface area (Å²) < 4.78 is 5.55. The highest BCUT2D eigenvalue weighted by Gasteiger charge is 2.22. The summed E-state index contributed by atoms with van der Waals surface area (Å²) in [5.74, 6) is 1.78. The first kappa shape index (κ1) is 16.6. The molecule has 0 spiro atoms. The van der Waals surface area contributed by atoms with E-state index in [9.17, 15) is 0 Å². The van der Waals surface area contributed by atoms with Gasteiger partial charge in [-0.05, 0) is 43.5 Å². The second-order valence-corrected chi connectivity index (χ2v) is 6.57. The molecule has 21 heavy (non-hydrogen) atoms. The maximum Gasteiger partial charge on any atom is 0.123 e. The number of methoxy groups -OCH3 is 1. The summed E-state index contributed by atoms with van der Waals surface area (Å²) in [4.78, 5) is 0. The SMILES string of the molecule is CCCNC(CC1CCCCC1)c1cc(Cl)ccc1OC.